The largest absolute Gasteiger partial charge is 0.400 e. The molecule has 1 fully saturated rings. The van der Waals surface area contributed by atoms with Gasteiger partial charge in [-0.2, -0.15) is 5.21 Å². The highest BCUT2D eigenvalue weighted by molar-refractivity contribution is 7.84. The van der Waals surface area contributed by atoms with Crippen LogP contribution in [0.3, 0.4) is 0 Å². The lowest BCUT2D eigenvalue weighted by Gasteiger charge is -2.41. The predicted molar refractivity (Wildman–Crippen MR) is 213 cm³/mol. The highest BCUT2D eigenvalue weighted by Gasteiger charge is 2.67. The number of rotatable bonds is 5. The van der Waals surface area contributed by atoms with E-state index in [9.17, 15) is 5.21 Å². The summed E-state index contributed by atoms with van der Waals surface area (Å²) in [6.07, 6.45) is -1.54. The Labute approximate surface area is 340 Å². The van der Waals surface area contributed by atoms with Crippen LogP contribution in [0.2, 0.25) is 0 Å². The molecule has 1 aliphatic heterocycles. The molecular weight excluding hydrogens is 814 g/mol. The van der Waals surface area contributed by atoms with E-state index in [-0.39, 0.29) is 11.7 Å². The smallest absolute Gasteiger partial charge is 0.286 e. The van der Waals surface area contributed by atoms with E-state index in [0.29, 0.717) is 67.7 Å². The minimum absolute atomic E-state index is 0.139. The van der Waals surface area contributed by atoms with E-state index in [4.69, 9.17) is 0 Å². The Kier molecular flexibility index (Phi) is 10.2. The molecule has 0 amide bonds. The summed E-state index contributed by atoms with van der Waals surface area (Å²) in [7, 11) is -4.40. The second-order valence-electron chi connectivity index (χ2n) is 16.5. The zero-order valence-electron chi connectivity index (χ0n) is 33.5. The zero-order chi connectivity index (χ0) is 43.5. The van der Waals surface area contributed by atoms with Crippen molar-refractivity contribution in [2.75, 3.05) is 0 Å². The van der Waals surface area contributed by atoms with Crippen molar-refractivity contribution in [2.45, 2.75) is 73.1 Å². The molecule has 0 aromatic heterocycles. The number of aryl methyl sites for hydroxylation is 6. The fourth-order valence-electron chi connectivity index (χ4n) is 11.1. The average molecular weight is 854 g/mol. The van der Waals surface area contributed by atoms with Crippen LogP contribution in [0.15, 0.2) is 77.0 Å². The molecule has 2 aliphatic carbocycles. The summed E-state index contributed by atoms with van der Waals surface area (Å²) in [6.45, 7) is 10.4. The van der Waals surface area contributed by atoms with E-state index in [2.05, 4.69) is 0 Å². The van der Waals surface area contributed by atoms with Crippen LogP contribution in [0.25, 0.3) is 0 Å². The minimum atomic E-state index is -4.99. The predicted octanol–water partition coefficient (Wildman–Crippen LogP) is 11.0. The Balaban J connectivity index is 1.81. The third-order valence-electron chi connectivity index (χ3n) is 12.9. The van der Waals surface area contributed by atoms with Gasteiger partial charge < -0.3 is 0 Å². The maximum absolute atomic E-state index is 17.1. The van der Waals surface area contributed by atoms with Crippen molar-refractivity contribution in [3.05, 3.63) is 174 Å². The number of hydrogen-bond donors (Lipinski definition) is 1. The Morgan fingerprint density at radius 2 is 0.967 bits per heavy atom. The van der Waals surface area contributed by atoms with Crippen LogP contribution in [0.4, 0.5) is 43.9 Å². The lowest BCUT2D eigenvalue weighted by molar-refractivity contribution is -0.660. The van der Waals surface area contributed by atoms with Crippen LogP contribution in [-0.2, 0) is 0 Å². The lowest BCUT2D eigenvalue weighted by atomic mass is 9.23. The topological polar surface area (TPSA) is 23.2 Å². The molecule has 0 radical (unpaired) electrons. The normalized spacial score (nSPS) is 19.4. The standard InChI is InChI=1S/C46H39BF10NOP/c1-21-16-23(3)44(24(4)17-21)60(45-25(5)18-22(2)19-26(45)6)46-29-15-11-10-14-28(29)30(27-12-8-7-9-13-27)20-31(46)47(58(60)59,32-34(48)38(52)42(56)39(53)35(32)49)33-36(50)40(54)43(57)41(55)37(33)51/h7-9,12-13,16-20,28,30,59H,10-11,14-15H2,1-6H3/t28-,30-/m1/s1. The van der Waals surface area contributed by atoms with Gasteiger partial charge >= 0.3 is 6.28 Å². The number of nitrogens with zero attached hydrogens (tertiary/aromatic N) is 1. The van der Waals surface area contributed by atoms with Crippen LogP contribution in [0.1, 0.15) is 70.5 Å². The van der Waals surface area contributed by atoms with Gasteiger partial charge in [0.2, 0.25) is 0 Å². The molecule has 14 heteroatoms. The summed E-state index contributed by atoms with van der Waals surface area (Å²) in [5.74, 6) is -27.0. The van der Waals surface area contributed by atoms with E-state index >= 15 is 43.9 Å². The van der Waals surface area contributed by atoms with Gasteiger partial charge in [-0.1, -0.05) is 77.7 Å². The van der Waals surface area contributed by atoms with Gasteiger partial charge in [0.1, 0.15) is 23.3 Å². The van der Waals surface area contributed by atoms with Gasteiger partial charge in [-0.25, -0.2) is 43.9 Å². The molecule has 1 saturated carbocycles. The van der Waals surface area contributed by atoms with Gasteiger partial charge in [-0.15, -0.1) is 11.5 Å². The maximum Gasteiger partial charge on any atom is 0.400 e. The summed E-state index contributed by atoms with van der Waals surface area (Å²) in [4.78, 5) is 0. The van der Waals surface area contributed by atoms with Crippen LogP contribution in [0, 0.1) is 106 Å². The van der Waals surface area contributed by atoms with Crippen molar-refractivity contribution in [3.63, 3.8) is 0 Å². The van der Waals surface area contributed by atoms with Gasteiger partial charge in [-0.05, 0) is 105 Å². The van der Waals surface area contributed by atoms with Crippen molar-refractivity contribution in [1.29, 1.82) is 0 Å². The van der Waals surface area contributed by atoms with E-state index < -0.39 is 99.7 Å². The van der Waals surface area contributed by atoms with Crippen LogP contribution < -0.4 is 21.5 Å². The molecule has 1 heterocycles. The first-order valence-electron chi connectivity index (χ1n) is 19.6. The molecule has 0 bridgehead atoms. The lowest BCUT2D eigenvalue weighted by Crippen LogP contribution is -2.70. The first kappa shape index (κ1) is 41.9. The molecule has 0 spiro atoms. The number of halogens is 10. The second-order valence-corrected chi connectivity index (χ2v) is 19.5. The summed E-state index contributed by atoms with van der Waals surface area (Å²) < 4.78 is 162. The van der Waals surface area contributed by atoms with Gasteiger partial charge in [0, 0.05) is 21.8 Å². The second kappa shape index (κ2) is 14.7. The van der Waals surface area contributed by atoms with E-state index in [1.807, 2.05) is 0 Å². The molecule has 60 heavy (non-hydrogen) atoms. The van der Waals surface area contributed by atoms with Crippen molar-refractivity contribution in [3.8, 4) is 0 Å². The minimum Gasteiger partial charge on any atom is -0.286 e. The van der Waals surface area contributed by atoms with E-state index in [0.717, 1.165) is 11.1 Å². The van der Waals surface area contributed by atoms with Crippen molar-refractivity contribution >= 4 is 34.9 Å². The Hall–Kier alpha value is -4.87. The van der Waals surface area contributed by atoms with Crippen molar-refractivity contribution < 1.29 is 53.5 Å². The van der Waals surface area contributed by atoms with Crippen LogP contribution >= 0.6 is 7.05 Å². The van der Waals surface area contributed by atoms with Gasteiger partial charge in [0.25, 0.3) is 0 Å². The Bertz CT molecular complexity index is 2600. The van der Waals surface area contributed by atoms with E-state index in [1.165, 1.54) is 6.08 Å². The van der Waals surface area contributed by atoms with Gasteiger partial charge in [0.05, 0.1) is 0 Å². The molecule has 1 N–H and O–H groups in total. The molecule has 2 nitrogen and oxygen atoms in total. The fraction of sp³-hybridized carbons (Fsp3) is 0.261. The SMILES string of the molecule is Cc1cc(C)c(P2(c3c(C)cc(C)cc3C)=[N+](O)[B-](c3c(F)c(F)c(F)c(F)c3F)(c3c(F)c(F)c(F)c(F)c3F)C3=C[C@H](c4ccccc4)[C@@H]4CCCCC4=C32)c(C)c1. The first-order valence-corrected chi connectivity index (χ1v) is 21.3. The quantitative estimate of drug-likeness (QED) is 0.0615. The average Bonchev–Trinajstić information content (AvgIpc) is 3.41. The van der Waals surface area contributed by atoms with Crippen LogP contribution in [-0.4, -0.2) is 15.9 Å². The third-order valence-corrected chi connectivity index (χ3v) is 17.7. The van der Waals surface area contributed by atoms with Gasteiger partial charge in [0.15, 0.2) is 42.0 Å². The molecule has 8 rings (SSSR count). The summed E-state index contributed by atoms with van der Waals surface area (Å²) in [6, 6.07) is 15.7. The van der Waals surface area contributed by atoms with Crippen molar-refractivity contribution in [1.82, 2.24) is 0 Å². The molecular formula is C46H39BF10NOP. The summed E-state index contributed by atoms with van der Waals surface area (Å²) in [5.41, 5.74) is 0.296. The molecule has 312 valence electrons. The zero-order valence-corrected chi connectivity index (χ0v) is 34.3. The molecule has 0 unspecified atom stereocenters. The molecule has 2 atom stereocenters. The molecule has 0 saturated heterocycles. The molecule has 3 aliphatic rings. The summed E-state index contributed by atoms with van der Waals surface area (Å²) in [5, 5.41) is 14.7. The number of hydrogen-bond acceptors (Lipinski definition) is 0. The Morgan fingerprint density at radius 1 is 0.567 bits per heavy atom. The molecule has 5 aromatic carbocycles. The highest BCUT2D eigenvalue weighted by atomic mass is 31.2. The maximum atomic E-state index is 17.1. The van der Waals surface area contributed by atoms with Crippen LogP contribution in [0.5, 0.6) is 0 Å². The third kappa shape index (κ3) is 5.49. The fourth-order valence-corrected chi connectivity index (χ4v) is 16.9. The van der Waals surface area contributed by atoms with Gasteiger partial charge in [-0.3, -0.25) is 4.40 Å². The highest BCUT2D eigenvalue weighted by Crippen LogP contribution is 2.70. The van der Waals surface area contributed by atoms with E-state index in [1.54, 1.807) is 96.1 Å². The summed E-state index contributed by atoms with van der Waals surface area (Å²) >= 11 is 0. The Morgan fingerprint density at radius 3 is 1.38 bits per heavy atom. The van der Waals surface area contributed by atoms with Crippen molar-refractivity contribution in [2.24, 2.45) is 5.92 Å². The number of allylic oxidation sites excluding steroid dienone is 4. The number of fused-ring (bicyclic) bond motifs is 2. The first-order chi connectivity index (χ1) is 28.3. The molecule has 5 aromatic rings. The monoisotopic (exact) mass is 853 g/mol. The number of benzene rings is 5.